The summed E-state index contributed by atoms with van der Waals surface area (Å²) in [5.74, 6) is 7.49. The summed E-state index contributed by atoms with van der Waals surface area (Å²) < 4.78 is 0. The molecular formula is C14H25N5O. The number of aliphatic hydroxyl groups is 1. The molecule has 0 atom stereocenters. The van der Waals surface area contributed by atoms with Crippen molar-refractivity contribution in [3.63, 3.8) is 0 Å². The molecule has 0 bridgehead atoms. The molecule has 1 aliphatic carbocycles. The monoisotopic (exact) mass is 279 g/mol. The molecular weight excluding hydrogens is 254 g/mol. The van der Waals surface area contributed by atoms with Crippen LogP contribution >= 0.6 is 0 Å². The van der Waals surface area contributed by atoms with Crippen LogP contribution in [-0.4, -0.2) is 27.2 Å². The molecule has 6 nitrogen and oxygen atoms in total. The highest BCUT2D eigenvalue weighted by molar-refractivity contribution is 5.55. The largest absolute Gasteiger partial charge is 0.388 e. The summed E-state index contributed by atoms with van der Waals surface area (Å²) in [4.78, 5) is 8.25. The Morgan fingerprint density at radius 1 is 1.35 bits per heavy atom. The Labute approximate surface area is 120 Å². The van der Waals surface area contributed by atoms with Gasteiger partial charge in [-0.1, -0.05) is 13.3 Å². The minimum absolute atomic E-state index is 0.519. The molecule has 6 heteroatoms. The third-order valence-electron chi connectivity index (χ3n) is 4.42. The van der Waals surface area contributed by atoms with E-state index in [0.29, 0.717) is 12.4 Å². The van der Waals surface area contributed by atoms with Crippen molar-refractivity contribution in [1.82, 2.24) is 9.97 Å². The van der Waals surface area contributed by atoms with Gasteiger partial charge in [0.15, 0.2) is 0 Å². The van der Waals surface area contributed by atoms with E-state index in [9.17, 15) is 5.11 Å². The van der Waals surface area contributed by atoms with Gasteiger partial charge in [0.05, 0.1) is 5.60 Å². The fraction of sp³-hybridized carbons (Fsp3) is 0.714. The van der Waals surface area contributed by atoms with Crippen molar-refractivity contribution in [2.45, 2.75) is 51.6 Å². The fourth-order valence-corrected chi connectivity index (χ4v) is 2.82. The smallest absolute Gasteiger partial charge is 0.148 e. The summed E-state index contributed by atoms with van der Waals surface area (Å²) >= 11 is 0. The van der Waals surface area contributed by atoms with Crippen molar-refractivity contribution in [2.24, 2.45) is 11.8 Å². The van der Waals surface area contributed by atoms with Crippen LogP contribution in [0.25, 0.3) is 0 Å². The average molecular weight is 279 g/mol. The first kappa shape index (κ1) is 15.0. The van der Waals surface area contributed by atoms with E-state index in [4.69, 9.17) is 5.84 Å². The SMILES string of the molecule is CCC1CCC(O)(CNc2ncnc(NN)c2C)CC1. The summed E-state index contributed by atoms with van der Waals surface area (Å²) in [5, 5.41) is 13.9. The molecule has 0 unspecified atom stereocenters. The Morgan fingerprint density at radius 2 is 2.00 bits per heavy atom. The van der Waals surface area contributed by atoms with Gasteiger partial charge in [-0.2, -0.15) is 0 Å². The zero-order chi connectivity index (χ0) is 14.6. The van der Waals surface area contributed by atoms with E-state index in [2.05, 4.69) is 27.6 Å². The summed E-state index contributed by atoms with van der Waals surface area (Å²) in [5.41, 5.74) is 2.78. The highest BCUT2D eigenvalue weighted by Crippen LogP contribution is 2.34. The highest BCUT2D eigenvalue weighted by Gasteiger charge is 2.32. The van der Waals surface area contributed by atoms with Gasteiger partial charge >= 0.3 is 0 Å². The van der Waals surface area contributed by atoms with Gasteiger partial charge in [0, 0.05) is 12.1 Å². The molecule has 1 aromatic heterocycles. The number of rotatable bonds is 5. The molecule has 0 amide bonds. The minimum Gasteiger partial charge on any atom is -0.388 e. The second-order valence-electron chi connectivity index (χ2n) is 5.77. The van der Waals surface area contributed by atoms with E-state index < -0.39 is 5.60 Å². The maximum absolute atomic E-state index is 10.6. The Kier molecular flexibility index (Phi) is 4.77. The molecule has 1 fully saturated rings. The first-order valence-electron chi connectivity index (χ1n) is 7.32. The molecule has 20 heavy (non-hydrogen) atoms. The van der Waals surface area contributed by atoms with Gasteiger partial charge in [-0.3, -0.25) is 0 Å². The first-order chi connectivity index (χ1) is 9.58. The van der Waals surface area contributed by atoms with Gasteiger partial charge in [-0.15, -0.1) is 0 Å². The number of hydrogen-bond acceptors (Lipinski definition) is 6. The summed E-state index contributed by atoms with van der Waals surface area (Å²) in [7, 11) is 0. The van der Waals surface area contributed by atoms with E-state index in [-0.39, 0.29) is 0 Å². The zero-order valence-corrected chi connectivity index (χ0v) is 12.3. The maximum Gasteiger partial charge on any atom is 0.148 e. The number of hydrazine groups is 1. The topological polar surface area (TPSA) is 96.1 Å². The lowest BCUT2D eigenvalue weighted by molar-refractivity contribution is 0.00222. The molecule has 2 rings (SSSR count). The van der Waals surface area contributed by atoms with Crippen LogP contribution < -0.4 is 16.6 Å². The van der Waals surface area contributed by atoms with Gasteiger partial charge in [-0.25, -0.2) is 15.8 Å². The van der Waals surface area contributed by atoms with E-state index in [0.717, 1.165) is 43.0 Å². The molecule has 1 saturated carbocycles. The van der Waals surface area contributed by atoms with Gasteiger partial charge in [0.2, 0.25) is 0 Å². The van der Waals surface area contributed by atoms with Gasteiger partial charge < -0.3 is 15.8 Å². The number of nitrogen functional groups attached to an aromatic ring is 1. The van der Waals surface area contributed by atoms with E-state index in [1.807, 2.05) is 6.92 Å². The van der Waals surface area contributed by atoms with Crippen LogP contribution in [0.1, 0.15) is 44.6 Å². The minimum atomic E-state index is -0.626. The molecule has 0 aliphatic heterocycles. The predicted molar refractivity (Wildman–Crippen MR) is 80.3 cm³/mol. The van der Waals surface area contributed by atoms with Crippen LogP contribution in [0.15, 0.2) is 6.33 Å². The molecule has 5 N–H and O–H groups in total. The molecule has 112 valence electrons. The second kappa shape index (κ2) is 6.37. The number of aromatic nitrogens is 2. The fourth-order valence-electron chi connectivity index (χ4n) is 2.82. The highest BCUT2D eigenvalue weighted by atomic mass is 16.3. The Hall–Kier alpha value is -1.40. The third-order valence-corrected chi connectivity index (χ3v) is 4.42. The second-order valence-corrected chi connectivity index (χ2v) is 5.77. The molecule has 0 aromatic carbocycles. The summed E-state index contributed by atoms with van der Waals surface area (Å²) in [6.45, 7) is 4.64. The van der Waals surface area contributed by atoms with E-state index in [1.165, 1.54) is 12.7 Å². The quantitative estimate of drug-likeness (QED) is 0.485. The van der Waals surface area contributed by atoms with Crippen LogP contribution in [0.2, 0.25) is 0 Å². The van der Waals surface area contributed by atoms with Gasteiger partial charge in [-0.05, 0) is 38.5 Å². The molecule has 0 radical (unpaired) electrons. The summed E-state index contributed by atoms with van der Waals surface area (Å²) in [6, 6.07) is 0. The van der Waals surface area contributed by atoms with Crippen molar-refractivity contribution in [2.75, 3.05) is 17.3 Å². The number of hydrogen-bond donors (Lipinski definition) is 4. The van der Waals surface area contributed by atoms with Crippen molar-refractivity contribution < 1.29 is 5.11 Å². The Bertz CT molecular complexity index is 443. The van der Waals surface area contributed by atoms with Gasteiger partial charge in [0.25, 0.3) is 0 Å². The van der Waals surface area contributed by atoms with Crippen molar-refractivity contribution >= 4 is 11.6 Å². The Morgan fingerprint density at radius 3 is 2.60 bits per heavy atom. The van der Waals surface area contributed by atoms with Crippen molar-refractivity contribution in [1.29, 1.82) is 0 Å². The van der Waals surface area contributed by atoms with E-state index in [1.54, 1.807) is 0 Å². The lowest BCUT2D eigenvalue weighted by Crippen LogP contribution is -2.40. The summed E-state index contributed by atoms with van der Waals surface area (Å²) in [6.07, 6.45) is 6.58. The molecule has 1 aliphatic rings. The number of nitrogens with two attached hydrogens (primary N) is 1. The number of nitrogens with one attached hydrogen (secondary N) is 2. The third kappa shape index (κ3) is 3.37. The first-order valence-corrected chi connectivity index (χ1v) is 7.32. The van der Waals surface area contributed by atoms with Crippen LogP contribution in [0.4, 0.5) is 11.6 Å². The van der Waals surface area contributed by atoms with Gasteiger partial charge in [0.1, 0.15) is 18.0 Å². The molecule has 0 spiro atoms. The predicted octanol–water partition coefficient (Wildman–Crippen LogP) is 1.81. The standard InChI is InChI=1S/C14H25N5O/c1-3-11-4-6-14(20,7-5-11)8-16-12-10(2)13(19-15)18-9-17-12/h9,11,20H,3-8,15H2,1-2H3,(H2,16,17,18,19). The van der Waals surface area contributed by atoms with Crippen molar-refractivity contribution in [3.8, 4) is 0 Å². The average Bonchev–Trinajstić information content (AvgIpc) is 2.47. The lowest BCUT2D eigenvalue weighted by Gasteiger charge is -2.36. The van der Waals surface area contributed by atoms with Crippen LogP contribution in [0, 0.1) is 12.8 Å². The van der Waals surface area contributed by atoms with E-state index >= 15 is 0 Å². The number of nitrogens with zero attached hydrogens (tertiary/aromatic N) is 2. The molecule has 0 saturated heterocycles. The number of anilines is 2. The van der Waals surface area contributed by atoms with Crippen molar-refractivity contribution in [3.05, 3.63) is 11.9 Å². The maximum atomic E-state index is 10.6. The normalized spacial score (nSPS) is 26.3. The molecule has 1 heterocycles. The zero-order valence-electron chi connectivity index (χ0n) is 12.3. The lowest BCUT2D eigenvalue weighted by atomic mass is 9.78. The molecule has 1 aromatic rings. The van der Waals surface area contributed by atoms with Crippen LogP contribution in [0.5, 0.6) is 0 Å². The van der Waals surface area contributed by atoms with Crippen LogP contribution in [-0.2, 0) is 0 Å². The van der Waals surface area contributed by atoms with Crippen LogP contribution in [0.3, 0.4) is 0 Å². The Balaban J connectivity index is 1.95.